The van der Waals surface area contributed by atoms with Gasteiger partial charge in [0.05, 0.1) is 12.2 Å². The summed E-state index contributed by atoms with van der Waals surface area (Å²) in [6.07, 6.45) is 5.93. The van der Waals surface area contributed by atoms with Crippen LogP contribution in [0.1, 0.15) is 33.1 Å². The Hall–Kier alpha value is -0.870. The highest BCUT2D eigenvalue weighted by Crippen LogP contribution is 2.16. The number of esters is 1. The minimum Gasteiger partial charge on any atom is -0.463 e. The van der Waals surface area contributed by atoms with Crippen molar-refractivity contribution < 1.29 is 19.0 Å². The molecule has 0 aromatic rings. The van der Waals surface area contributed by atoms with E-state index in [1.807, 2.05) is 13.0 Å². The molecule has 0 amide bonds. The average Bonchev–Trinajstić information content (AvgIpc) is 2.27. The van der Waals surface area contributed by atoms with E-state index in [0.717, 1.165) is 6.42 Å². The minimum atomic E-state index is -0.147. The third kappa shape index (κ3) is 5.84. The van der Waals surface area contributed by atoms with Gasteiger partial charge in [0.25, 0.3) is 0 Å². The Morgan fingerprint density at radius 1 is 1.41 bits per heavy atom. The van der Waals surface area contributed by atoms with Crippen molar-refractivity contribution in [2.75, 3.05) is 13.9 Å². The van der Waals surface area contributed by atoms with Crippen LogP contribution in [-0.2, 0) is 19.0 Å². The number of carbonyl (C=O) groups excluding carboxylic acids is 1. The smallest absolute Gasteiger partial charge is 0.306 e. The zero-order valence-corrected chi connectivity index (χ0v) is 10.8. The lowest BCUT2D eigenvalue weighted by molar-refractivity contribution is -0.150. The number of rotatable bonds is 3. The van der Waals surface area contributed by atoms with Crippen LogP contribution >= 0.6 is 0 Å². The molecule has 1 rings (SSSR count). The van der Waals surface area contributed by atoms with E-state index in [1.54, 1.807) is 7.11 Å². The molecule has 0 N–H and O–H groups in total. The Morgan fingerprint density at radius 3 is 2.88 bits per heavy atom. The second-order valence-electron chi connectivity index (χ2n) is 4.55. The first-order chi connectivity index (χ1) is 8.11. The van der Waals surface area contributed by atoms with E-state index in [2.05, 4.69) is 13.0 Å². The quantitative estimate of drug-likeness (QED) is 0.433. The van der Waals surface area contributed by atoms with Gasteiger partial charge in [-0.3, -0.25) is 4.79 Å². The van der Waals surface area contributed by atoms with Crippen molar-refractivity contribution in [3.63, 3.8) is 0 Å². The van der Waals surface area contributed by atoms with Gasteiger partial charge in [0, 0.05) is 13.5 Å². The van der Waals surface area contributed by atoms with Crippen LogP contribution in [0.3, 0.4) is 0 Å². The average molecular weight is 242 g/mol. The maximum Gasteiger partial charge on any atom is 0.306 e. The molecular formula is C13H22O4. The number of allylic oxidation sites excluding steroid dienone is 1. The third-order valence-electron chi connectivity index (χ3n) is 2.72. The summed E-state index contributed by atoms with van der Waals surface area (Å²) in [5.74, 6) is 0.232. The molecule has 1 aliphatic heterocycles. The second-order valence-corrected chi connectivity index (χ2v) is 4.55. The summed E-state index contributed by atoms with van der Waals surface area (Å²) in [6, 6.07) is 0. The van der Waals surface area contributed by atoms with Gasteiger partial charge in [-0.25, -0.2) is 0 Å². The van der Waals surface area contributed by atoms with Crippen LogP contribution in [-0.4, -0.2) is 32.1 Å². The van der Waals surface area contributed by atoms with Crippen LogP contribution in [0.25, 0.3) is 0 Å². The van der Waals surface area contributed by atoms with Gasteiger partial charge >= 0.3 is 5.97 Å². The van der Waals surface area contributed by atoms with Crippen molar-refractivity contribution in [1.29, 1.82) is 0 Å². The molecule has 0 radical (unpaired) electrons. The second kappa shape index (κ2) is 7.45. The Bertz CT molecular complexity index is 262. The summed E-state index contributed by atoms with van der Waals surface area (Å²) < 4.78 is 15.6. The third-order valence-corrected chi connectivity index (χ3v) is 2.72. The number of ether oxygens (including phenoxy) is 3. The van der Waals surface area contributed by atoms with Gasteiger partial charge in [0.1, 0.15) is 6.79 Å². The Kier molecular flexibility index (Phi) is 6.22. The largest absolute Gasteiger partial charge is 0.463 e. The van der Waals surface area contributed by atoms with Gasteiger partial charge in [0.15, 0.2) is 0 Å². The van der Waals surface area contributed by atoms with Crippen molar-refractivity contribution >= 4 is 5.97 Å². The fourth-order valence-corrected chi connectivity index (χ4v) is 1.90. The predicted octanol–water partition coefficient (Wildman–Crippen LogP) is 2.28. The summed E-state index contributed by atoms with van der Waals surface area (Å²) >= 11 is 0. The van der Waals surface area contributed by atoms with Gasteiger partial charge in [0.2, 0.25) is 0 Å². The van der Waals surface area contributed by atoms with Crippen LogP contribution in [0.5, 0.6) is 0 Å². The van der Waals surface area contributed by atoms with E-state index in [1.165, 1.54) is 0 Å². The van der Waals surface area contributed by atoms with Crippen LogP contribution in [0.4, 0.5) is 0 Å². The molecular weight excluding hydrogens is 220 g/mol. The SMILES string of the molecule is COCO[C@@H]1/C=C/[C@@H](C)C[C@@H](C)OC(=O)CC1. The molecule has 0 aromatic heterocycles. The van der Waals surface area contributed by atoms with E-state index >= 15 is 0 Å². The molecule has 0 saturated carbocycles. The monoisotopic (exact) mass is 242 g/mol. The molecule has 1 heterocycles. The van der Waals surface area contributed by atoms with Crippen molar-refractivity contribution in [1.82, 2.24) is 0 Å². The maximum atomic E-state index is 11.5. The first kappa shape index (κ1) is 14.2. The number of hydrogen-bond donors (Lipinski definition) is 0. The van der Waals surface area contributed by atoms with Gasteiger partial charge < -0.3 is 14.2 Å². The highest BCUT2D eigenvalue weighted by Gasteiger charge is 2.16. The first-order valence-corrected chi connectivity index (χ1v) is 6.10. The molecule has 3 atom stereocenters. The van der Waals surface area contributed by atoms with E-state index in [9.17, 15) is 4.79 Å². The zero-order valence-electron chi connectivity index (χ0n) is 10.8. The maximum absolute atomic E-state index is 11.5. The number of methoxy groups -OCH3 is 1. The fourth-order valence-electron chi connectivity index (χ4n) is 1.90. The normalized spacial score (nSPS) is 32.9. The van der Waals surface area contributed by atoms with Gasteiger partial charge in [-0.15, -0.1) is 0 Å². The number of carbonyl (C=O) groups is 1. The lowest BCUT2D eigenvalue weighted by atomic mass is 10.0. The first-order valence-electron chi connectivity index (χ1n) is 6.10. The Labute approximate surface area is 103 Å². The van der Waals surface area contributed by atoms with Crippen LogP contribution in [0.2, 0.25) is 0 Å². The standard InChI is InChI=1S/C13H22O4/c1-10-4-5-12(16-9-15-3)6-7-13(14)17-11(2)8-10/h4-5,10-12H,6-9H2,1-3H3/b5-4+/t10-,11-,12-/m1/s1. The van der Waals surface area contributed by atoms with Crippen molar-refractivity contribution in [3.05, 3.63) is 12.2 Å². The van der Waals surface area contributed by atoms with E-state index in [4.69, 9.17) is 14.2 Å². The van der Waals surface area contributed by atoms with Crippen molar-refractivity contribution in [2.45, 2.75) is 45.3 Å². The van der Waals surface area contributed by atoms with Crippen molar-refractivity contribution in [3.8, 4) is 0 Å². The van der Waals surface area contributed by atoms with E-state index in [-0.39, 0.29) is 25.0 Å². The molecule has 98 valence electrons. The lowest BCUT2D eigenvalue weighted by Gasteiger charge is -2.20. The minimum absolute atomic E-state index is 0.0152. The molecule has 0 aromatic carbocycles. The highest BCUT2D eigenvalue weighted by molar-refractivity contribution is 5.69. The van der Waals surface area contributed by atoms with Gasteiger partial charge in [-0.2, -0.15) is 0 Å². The highest BCUT2D eigenvalue weighted by atomic mass is 16.7. The summed E-state index contributed by atoms with van der Waals surface area (Å²) in [4.78, 5) is 11.5. The topological polar surface area (TPSA) is 44.8 Å². The van der Waals surface area contributed by atoms with Crippen molar-refractivity contribution in [2.24, 2.45) is 5.92 Å². The molecule has 17 heavy (non-hydrogen) atoms. The fraction of sp³-hybridized carbons (Fsp3) is 0.769. The molecule has 0 fully saturated rings. The lowest BCUT2D eigenvalue weighted by Crippen LogP contribution is -2.21. The molecule has 0 spiro atoms. The summed E-state index contributed by atoms with van der Waals surface area (Å²) in [7, 11) is 1.59. The van der Waals surface area contributed by atoms with Crippen LogP contribution in [0, 0.1) is 5.92 Å². The molecule has 4 nitrogen and oxygen atoms in total. The molecule has 0 unspecified atom stereocenters. The summed E-state index contributed by atoms with van der Waals surface area (Å²) in [5, 5.41) is 0. The number of cyclic esters (lactones) is 1. The van der Waals surface area contributed by atoms with Crippen LogP contribution in [0.15, 0.2) is 12.2 Å². The molecule has 1 aliphatic rings. The predicted molar refractivity (Wildman–Crippen MR) is 64.5 cm³/mol. The molecule has 0 saturated heterocycles. The van der Waals surface area contributed by atoms with E-state index in [0.29, 0.717) is 18.8 Å². The summed E-state index contributed by atoms with van der Waals surface area (Å²) in [5.41, 5.74) is 0. The molecule has 4 heteroatoms. The zero-order chi connectivity index (χ0) is 12.7. The Balaban J connectivity index is 2.58. The number of hydrogen-bond acceptors (Lipinski definition) is 4. The summed E-state index contributed by atoms with van der Waals surface area (Å²) in [6.45, 7) is 4.29. The Morgan fingerprint density at radius 2 is 2.18 bits per heavy atom. The van der Waals surface area contributed by atoms with Gasteiger partial charge in [-0.1, -0.05) is 19.1 Å². The van der Waals surface area contributed by atoms with Crippen LogP contribution < -0.4 is 0 Å². The van der Waals surface area contributed by atoms with E-state index < -0.39 is 0 Å². The molecule has 0 aliphatic carbocycles. The van der Waals surface area contributed by atoms with Gasteiger partial charge in [-0.05, 0) is 25.7 Å². The molecule has 0 bridgehead atoms.